The highest BCUT2D eigenvalue weighted by Gasteiger charge is 2.37. The van der Waals surface area contributed by atoms with Gasteiger partial charge >= 0.3 is 5.97 Å². The molecule has 0 radical (unpaired) electrons. The Morgan fingerprint density at radius 1 is 1.38 bits per heavy atom. The molecule has 2 rings (SSSR count). The number of hydrogen-bond acceptors (Lipinski definition) is 5. The number of carboxylic acid groups (broad SMARTS) is 1. The molecular weight excluding hydrogens is 236 g/mol. The van der Waals surface area contributed by atoms with E-state index in [4.69, 9.17) is 10.8 Å². The van der Waals surface area contributed by atoms with Gasteiger partial charge in [0.2, 0.25) is 0 Å². The molecule has 0 saturated carbocycles. The van der Waals surface area contributed by atoms with E-state index in [0.717, 1.165) is 0 Å². The zero-order valence-corrected chi connectivity index (χ0v) is 8.54. The van der Waals surface area contributed by atoms with Crippen molar-refractivity contribution < 1.29 is 23.1 Å². The van der Waals surface area contributed by atoms with Crippen molar-refractivity contribution in [3.8, 4) is 0 Å². The first-order chi connectivity index (χ1) is 7.34. The first-order valence-corrected chi connectivity index (χ1v) is 5.56. The number of hydrogen-bond donors (Lipinski definition) is 3. The Morgan fingerprint density at radius 3 is 2.56 bits per heavy atom. The number of nitrogen functional groups attached to an aromatic ring is 1. The van der Waals surface area contributed by atoms with Crippen LogP contribution >= 0.6 is 0 Å². The number of rotatable bonds is 1. The Labute approximate surface area is 89.9 Å². The van der Waals surface area contributed by atoms with E-state index in [2.05, 4.69) is 0 Å². The Bertz CT molecular complexity index is 620. The number of nitrogens with two attached hydrogens (primary N) is 1. The van der Waals surface area contributed by atoms with Gasteiger partial charge < -0.3 is 10.8 Å². The lowest BCUT2D eigenvalue weighted by molar-refractivity contribution is 0.0694. The number of carboxylic acids is 1. The fraction of sp³-hybridized carbons (Fsp3) is 0. The quantitative estimate of drug-likeness (QED) is 0.564. The van der Waals surface area contributed by atoms with Crippen molar-refractivity contribution in [2.24, 2.45) is 0 Å². The summed E-state index contributed by atoms with van der Waals surface area (Å²) in [7, 11) is -4.11. The summed E-state index contributed by atoms with van der Waals surface area (Å²) in [5, 5.41) is 8.86. The molecule has 0 saturated heterocycles. The largest absolute Gasteiger partial charge is 0.478 e. The van der Waals surface area contributed by atoms with Crippen LogP contribution in [0, 0.1) is 0 Å². The second-order valence-electron chi connectivity index (χ2n) is 3.15. The van der Waals surface area contributed by atoms with Gasteiger partial charge in [0.15, 0.2) is 0 Å². The topological polar surface area (TPSA) is 127 Å². The van der Waals surface area contributed by atoms with Crippen LogP contribution in [0.15, 0.2) is 17.0 Å². The minimum Gasteiger partial charge on any atom is -0.478 e. The van der Waals surface area contributed by atoms with Crippen LogP contribution in [0.5, 0.6) is 0 Å². The smallest absolute Gasteiger partial charge is 0.339 e. The number of nitrogens with one attached hydrogen (secondary N) is 1. The average molecular weight is 242 g/mol. The van der Waals surface area contributed by atoms with Crippen LogP contribution in [0.25, 0.3) is 0 Å². The molecule has 0 atom stereocenters. The van der Waals surface area contributed by atoms with Crippen molar-refractivity contribution in [2.45, 2.75) is 4.90 Å². The molecule has 16 heavy (non-hydrogen) atoms. The predicted octanol–water partition coefficient (Wildman–Crippen LogP) is -0.601. The van der Waals surface area contributed by atoms with Crippen molar-refractivity contribution >= 4 is 27.6 Å². The lowest BCUT2D eigenvalue weighted by Gasteiger charge is -2.04. The number of fused-ring (bicyclic) bond motifs is 1. The highest BCUT2D eigenvalue weighted by Crippen LogP contribution is 2.30. The molecule has 7 nitrogen and oxygen atoms in total. The minimum atomic E-state index is -4.11. The fourth-order valence-electron chi connectivity index (χ4n) is 1.50. The van der Waals surface area contributed by atoms with Gasteiger partial charge in [0.1, 0.15) is 10.5 Å². The molecule has 4 N–H and O–H groups in total. The van der Waals surface area contributed by atoms with Gasteiger partial charge in [-0.15, -0.1) is 0 Å². The Hall–Kier alpha value is -2.09. The van der Waals surface area contributed by atoms with E-state index in [-0.39, 0.29) is 11.3 Å². The molecule has 1 heterocycles. The van der Waals surface area contributed by atoms with Crippen LogP contribution in [-0.2, 0) is 10.0 Å². The molecule has 0 spiro atoms. The molecule has 0 unspecified atom stereocenters. The molecular formula is C8H6N2O5S. The van der Waals surface area contributed by atoms with Crippen molar-refractivity contribution in [3.63, 3.8) is 0 Å². The molecule has 0 fully saturated rings. The van der Waals surface area contributed by atoms with Gasteiger partial charge in [-0.25, -0.2) is 17.9 Å². The van der Waals surface area contributed by atoms with Crippen molar-refractivity contribution in [1.29, 1.82) is 0 Å². The van der Waals surface area contributed by atoms with E-state index in [1.165, 1.54) is 12.1 Å². The van der Waals surface area contributed by atoms with E-state index >= 15 is 0 Å². The molecule has 1 aromatic carbocycles. The number of carbonyl (C=O) groups excluding carboxylic acids is 1. The van der Waals surface area contributed by atoms with Gasteiger partial charge in [-0.2, -0.15) is 0 Å². The van der Waals surface area contributed by atoms with Crippen LogP contribution in [0.1, 0.15) is 20.7 Å². The van der Waals surface area contributed by atoms with Gasteiger partial charge in [0.25, 0.3) is 15.9 Å². The summed E-state index contributed by atoms with van der Waals surface area (Å²) in [6, 6.07) is 2.36. The third-order valence-corrected chi connectivity index (χ3v) is 3.56. The SMILES string of the molecule is Nc1ccc2c(c1C(=O)O)S(=O)(=O)NC2=O. The minimum absolute atomic E-state index is 0.202. The number of aromatic carboxylic acids is 1. The van der Waals surface area contributed by atoms with Gasteiger partial charge in [-0.1, -0.05) is 0 Å². The molecule has 1 aromatic rings. The standard InChI is InChI=1S/C8H6N2O5S/c9-4-2-1-3-6(5(4)8(12)13)16(14,15)10-7(3)11/h1-2H,9H2,(H,10,11)(H,12,13). The van der Waals surface area contributed by atoms with Crippen molar-refractivity contribution in [2.75, 3.05) is 5.73 Å². The van der Waals surface area contributed by atoms with Gasteiger partial charge in [0.05, 0.1) is 5.56 Å². The highest BCUT2D eigenvalue weighted by atomic mass is 32.2. The normalized spacial score (nSPS) is 16.6. The summed E-state index contributed by atoms with van der Waals surface area (Å²) in [4.78, 5) is 21.6. The van der Waals surface area contributed by atoms with Gasteiger partial charge in [-0.3, -0.25) is 4.79 Å². The monoisotopic (exact) mass is 242 g/mol. The van der Waals surface area contributed by atoms with Crippen LogP contribution in [0.2, 0.25) is 0 Å². The number of amides is 1. The zero-order chi connectivity index (χ0) is 12.1. The summed E-state index contributed by atoms with van der Waals surface area (Å²) < 4.78 is 24.7. The molecule has 0 aliphatic carbocycles. The number of carbonyl (C=O) groups is 2. The Kier molecular flexibility index (Phi) is 1.92. The van der Waals surface area contributed by atoms with Gasteiger partial charge in [0, 0.05) is 5.69 Å². The molecule has 0 bridgehead atoms. The molecule has 1 aliphatic heterocycles. The average Bonchev–Trinajstić information content (AvgIpc) is 2.36. The van der Waals surface area contributed by atoms with Crippen LogP contribution in [-0.4, -0.2) is 25.4 Å². The lowest BCUT2D eigenvalue weighted by Crippen LogP contribution is -2.21. The zero-order valence-electron chi connectivity index (χ0n) is 7.72. The molecule has 84 valence electrons. The summed E-state index contributed by atoms with van der Waals surface area (Å²) in [5.74, 6) is -2.34. The Morgan fingerprint density at radius 2 is 2.00 bits per heavy atom. The summed E-state index contributed by atoms with van der Waals surface area (Å²) in [6.07, 6.45) is 0. The highest BCUT2D eigenvalue weighted by molar-refractivity contribution is 7.90. The fourth-order valence-corrected chi connectivity index (χ4v) is 2.88. The predicted molar refractivity (Wildman–Crippen MR) is 52.5 cm³/mol. The maximum Gasteiger partial charge on any atom is 0.339 e. The second-order valence-corrected chi connectivity index (χ2v) is 4.77. The lowest BCUT2D eigenvalue weighted by atomic mass is 10.1. The summed E-state index contributed by atoms with van der Waals surface area (Å²) in [5.41, 5.74) is 4.40. The van der Waals surface area contributed by atoms with E-state index in [1.807, 2.05) is 0 Å². The molecule has 1 amide bonds. The van der Waals surface area contributed by atoms with Crippen LogP contribution < -0.4 is 10.5 Å². The van der Waals surface area contributed by atoms with E-state index in [0.29, 0.717) is 0 Å². The summed E-state index contributed by atoms with van der Waals surface area (Å²) >= 11 is 0. The summed E-state index contributed by atoms with van der Waals surface area (Å²) in [6.45, 7) is 0. The van der Waals surface area contributed by atoms with E-state index in [1.54, 1.807) is 4.72 Å². The van der Waals surface area contributed by atoms with Crippen molar-refractivity contribution in [3.05, 3.63) is 23.3 Å². The number of benzene rings is 1. The number of sulfonamides is 1. The van der Waals surface area contributed by atoms with E-state index < -0.39 is 32.4 Å². The van der Waals surface area contributed by atoms with E-state index in [9.17, 15) is 18.0 Å². The van der Waals surface area contributed by atoms with Crippen LogP contribution in [0.4, 0.5) is 5.69 Å². The Balaban J connectivity index is 2.94. The maximum atomic E-state index is 11.5. The van der Waals surface area contributed by atoms with Gasteiger partial charge in [-0.05, 0) is 12.1 Å². The first-order valence-electron chi connectivity index (χ1n) is 4.07. The third-order valence-electron chi connectivity index (χ3n) is 2.14. The molecule has 0 aromatic heterocycles. The van der Waals surface area contributed by atoms with Crippen molar-refractivity contribution in [1.82, 2.24) is 4.72 Å². The molecule has 8 heteroatoms. The maximum absolute atomic E-state index is 11.5. The third kappa shape index (κ3) is 1.23. The first kappa shape index (κ1) is 10.4. The van der Waals surface area contributed by atoms with Crippen LogP contribution in [0.3, 0.4) is 0 Å². The molecule has 1 aliphatic rings. The number of anilines is 1. The second kappa shape index (κ2) is 2.95.